The molecule has 0 spiro atoms. The van der Waals surface area contributed by atoms with Gasteiger partial charge in [0.05, 0.1) is 32.7 Å². The maximum atomic E-state index is 14.8. The zero-order valence-electron chi connectivity index (χ0n) is 63.6. The van der Waals surface area contributed by atoms with E-state index >= 15 is 0 Å². The van der Waals surface area contributed by atoms with Gasteiger partial charge in [-0.3, -0.25) is 71.9 Å². The molecular weight excluding hydrogens is 1520 g/mol. The van der Waals surface area contributed by atoms with Crippen LogP contribution in [-0.4, -0.2) is 227 Å². The van der Waals surface area contributed by atoms with Crippen LogP contribution in [0.3, 0.4) is 0 Å². The second-order valence-corrected chi connectivity index (χ2v) is 27.2. The molecule has 1 saturated heterocycles. The first kappa shape index (κ1) is 94.7. The summed E-state index contributed by atoms with van der Waals surface area (Å²) >= 11 is 0. The summed E-state index contributed by atoms with van der Waals surface area (Å²) in [6.45, 7) is 1.17. The van der Waals surface area contributed by atoms with Crippen molar-refractivity contribution in [2.75, 3.05) is 32.0 Å². The number of carboxylic acid groups (broad SMARTS) is 4. The Bertz CT molecular complexity index is 4040. The number of carbonyl (C=O) groups excluding carboxylic acids is 20. The first-order chi connectivity index (χ1) is 54.4. The van der Waals surface area contributed by atoms with Crippen LogP contribution in [0.2, 0.25) is 0 Å². The number of nitrogens with one attached hydrogen (secondary N) is 14. The van der Waals surface area contributed by atoms with Crippen molar-refractivity contribution in [2.45, 2.75) is 209 Å². The highest BCUT2D eigenvalue weighted by Gasteiger charge is 2.40. The number of H-pyrrole nitrogens is 1. The van der Waals surface area contributed by atoms with Gasteiger partial charge in [0.15, 0.2) is 5.78 Å². The number of amides is 14. The van der Waals surface area contributed by atoms with E-state index in [0.717, 1.165) is 52.9 Å². The first-order valence-electron chi connectivity index (χ1n) is 36.8. The number of aliphatic hydroxyl groups is 1. The van der Waals surface area contributed by atoms with Crippen LogP contribution >= 0.6 is 0 Å². The third kappa shape index (κ3) is 32.5. The molecule has 13 atom stereocenters. The van der Waals surface area contributed by atoms with Crippen molar-refractivity contribution in [2.24, 2.45) is 11.7 Å². The second-order valence-electron chi connectivity index (χ2n) is 27.2. The molecule has 1 aliphatic rings. The van der Waals surface area contributed by atoms with Gasteiger partial charge in [0.25, 0.3) is 0 Å². The lowest BCUT2D eigenvalue weighted by molar-refractivity contribution is -0.368. The molecule has 2 heterocycles. The Balaban J connectivity index is 1.87. The molecule has 1 aliphatic heterocycles. The third-order valence-electron chi connectivity index (χ3n) is 17.9. The van der Waals surface area contributed by atoms with Gasteiger partial charge in [-0.25, -0.2) is 4.79 Å². The topological polar surface area (TPSA) is 715 Å². The SMILES string of the molecule is CCCCCCCCCC(=O)N[C@@H](Cc1c[nH]c2ccccc12)C(=O)N[C@@H](CC(N)=O)C(=O)N[C@@H](CC(=O)[O-])C(=O)N[C@@H]1C(=O)NCC(=O)N[C@@H](CCC[NH3+])C(=O)N[C@@H](CC(=O)[O-])C(=O)N[C@H](C)C(=O)N[C@@H](CC(=O)[O-])C(=O)NCC(=O)N[C@H](CO)C(=O)N[C@@H]([C@H](C)CC(=O)[O-])C(=O)N[C@@H](CC(=O)c2ccccc2N)C(=O)O[C@@H]1C. The minimum Gasteiger partial charge on any atom is -0.550 e. The summed E-state index contributed by atoms with van der Waals surface area (Å²) in [6.07, 6.45) is -2.81. The Hall–Kier alpha value is -12.7. The Kier molecular flexibility index (Phi) is 39.2. The van der Waals surface area contributed by atoms with Crippen LogP contribution < -0.4 is 107 Å². The number of aromatic amines is 1. The van der Waals surface area contributed by atoms with Crippen molar-refractivity contribution in [3.63, 3.8) is 0 Å². The molecule has 1 fully saturated rings. The summed E-state index contributed by atoms with van der Waals surface area (Å²) in [5.41, 5.74) is 16.0. The summed E-state index contributed by atoms with van der Waals surface area (Å²) < 4.78 is 5.66. The monoisotopic (exact) mass is 1620 g/mol. The third-order valence-corrected chi connectivity index (χ3v) is 17.9. The summed E-state index contributed by atoms with van der Waals surface area (Å²) in [7, 11) is 0. The van der Waals surface area contributed by atoms with E-state index in [0.29, 0.717) is 29.3 Å². The number of hydrogen-bond donors (Lipinski definition) is 18. The van der Waals surface area contributed by atoms with Crippen molar-refractivity contribution in [3.8, 4) is 0 Å². The number of ketones is 1. The maximum absolute atomic E-state index is 14.8. The molecule has 630 valence electrons. The number of aliphatic carboxylic acids is 4. The van der Waals surface area contributed by atoms with Gasteiger partial charge in [0.1, 0.15) is 72.6 Å². The quantitative estimate of drug-likeness (QED) is 0.0113. The van der Waals surface area contributed by atoms with Crippen LogP contribution in [0.15, 0.2) is 54.7 Å². The van der Waals surface area contributed by atoms with E-state index in [1.165, 1.54) is 24.3 Å². The average molecular weight is 1620 g/mol. The largest absolute Gasteiger partial charge is 0.550 e. The molecule has 1 aromatic heterocycles. The predicted octanol–water partition coefficient (Wildman–Crippen LogP) is -11.7. The van der Waals surface area contributed by atoms with E-state index in [1.807, 2.05) is 21.3 Å². The number of esters is 1. The summed E-state index contributed by atoms with van der Waals surface area (Å²) in [4.78, 5) is 275. The number of Topliss-reactive ketones (excluding diaryl/α,β-unsaturated/α-hetero) is 1. The van der Waals surface area contributed by atoms with E-state index in [-0.39, 0.29) is 43.5 Å². The van der Waals surface area contributed by atoms with Crippen LogP contribution in [0.1, 0.15) is 146 Å². The standard InChI is InChI=1S/C72H101N17O26/c1-5-6-7-8-9-10-11-22-53(93)81-44(25-38-31-76-42-20-15-13-17-39(38)42)66(108)84-45(27-52(75)92)67(109)86-48(30-59(102)103)68(110)89-61-37(4)115-72(114)49(26-51(91)40-18-12-14-19-41(40)74)87-71(113)60(35(2)24-56(96)97)88-69(111)50(34-90)82-55(95)32-77-63(105)46(28-57(98)99)83-62(104)36(3)79-65(107)47(29-58(100)101)85-64(106)43(21-16-23-73)80-54(94)33-78-70(61)112/h12-15,17-20,31,35-37,43-50,60-61,76,90H,5-11,16,21-30,32-34,73-74H2,1-4H3,(H2,75,92)(H,77,105)(H,78,112)(H,79,107)(H,80,94)(H,81,93)(H,82,95)(H,83,104)(H,84,108)(H,85,106)(H,86,109)(H,87,113)(H,88,111)(H,89,110)(H,96,97)(H,98,99)(H,100,101)(H,102,103)/p-3/t35-,36-,37-,43+,44+,45+,46+,47+,48+,49+,50-,60+,61+/m1/s1. The van der Waals surface area contributed by atoms with E-state index in [2.05, 4.69) is 65.5 Å². The number of quaternary nitrogens is 1. The number of carboxylic acids is 4. The summed E-state index contributed by atoms with van der Waals surface area (Å²) in [5, 5.41) is 87.1. The Morgan fingerprint density at radius 3 is 1.70 bits per heavy atom. The zero-order valence-corrected chi connectivity index (χ0v) is 63.6. The molecule has 43 nitrogen and oxygen atoms in total. The second kappa shape index (κ2) is 47.6. The molecule has 43 heteroatoms. The fraction of sp³-hybridized carbons (Fsp3) is 0.528. The Labute approximate surface area is 657 Å². The molecule has 0 saturated carbocycles. The number of cyclic esters (lactones) is 1. The number of fused-ring (bicyclic) bond motifs is 1. The van der Waals surface area contributed by atoms with E-state index in [4.69, 9.17) is 16.2 Å². The highest BCUT2D eigenvalue weighted by Crippen LogP contribution is 2.21. The summed E-state index contributed by atoms with van der Waals surface area (Å²) in [5.74, 6) is -31.3. The van der Waals surface area contributed by atoms with Gasteiger partial charge in [0, 0.05) is 90.8 Å². The van der Waals surface area contributed by atoms with Gasteiger partial charge >= 0.3 is 5.97 Å². The number of primary amides is 1. The van der Waals surface area contributed by atoms with Gasteiger partial charge in [-0.15, -0.1) is 0 Å². The van der Waals surface area contributed by atoms with Crippen molar-refractivity contribution in [1.29, 1.82) is 0 Å². The van der Waals surface area contributed by atoms with Gasteiger partial charge in [-0.05, 0) is 69.2 Å². The summed E-state index contributed by atoms with van der Waals surface area (Å²) in [6, 6.07) is -11.0. The molecule has 4 rings (SSSR count). The number of rotatable bonds is 35. The average Bonchev–Trinajstić information content (AvgIpc) is 1.72. The lowest BCUT2D eigenvalue weighted by Crippen LogP contribution is -2.62. The van der Waals surface area contributed by atoms with Crippen LogP contribution in [0.25, 0.3) is 10.9 Å². The van der Waals surface area contributed by atoms with Gasteiger partial charge < -0.3 is 141 Å². The first-order valence-corrected chi connectivity index (χ1v) is 36.8. The maximum Gasteiger partial charge on any atom is 0.329 e. The van der Waals surface area contributed by atoms with E-state index < -0.39 is 255 Å². The normalized spacial score (nSPS) is 21.2. The number of anilines is 1. The Morgan fingerprint density at radius 1 is 0.565 bits per heavy atom. The molecule has 0 aliphatic carbocycles. The molecule has 0 unspecified atom stereocenters. The van der Waals surface area contributed by atoms with Crippen LogP contribution in [0.4, 0.5) is 5.69 Å². The fourth-order valence-electron chi connectivity index (χ4n) is 11.7. The molecule has 22 N–H and O–H groups in total. The predicted molar refractivity (Wildman–Crippen MR) is 388 cm³/mol. The van der Waals surface area contributed by atoms with Crippen LogP contribution in [0, 0.1) is 5.92 Å². The molecular formula is C72H98N17O26-3. The Morgan fingerprint density at radius 2 is 1.10 bits per heavy atom. The molecule has 0 radical (unpaired) electrons. The van der Waals surface area contributed by atoms with Gasteiger partial charge in [-0.2, -0.15) is 0 Å². The molecule has 115 heavy (non-hydrogen) atoms. The minimum atomic E-state index is -2.48. The van der Waals surface area contributed by atoms with Gasteiger partial charge in [0.2, 0.25) is 82.7 Å². The number of unbranched alkanes of at least 4 members (excludes halogenated alkanes) is 6. The zero-order chi connectivity index (χ0) is 85.8. The molecule has 0 bridgehead atoms. The lowest BCUT2D eigenvalue weighted by Gasteiger charge is -2.30. The number of aromatic nitrogens is 1. The number of ether oxygens (including phenoxy) is 1. The number of benzene rings is 2. The van der Waals surface area contributed by atoms with Crippen molar-refractivity contribution in [3.05, 3.63) is 65.9 Å². The van der Waals surface area contributed by atoms with Gasteiger partial charge in [-0.1, -0.05) is 82.7 Å². The highest BCUT2D eigenvalue weighted by molar-refractivity contribution is 6.05. The highest BCUT2D eigenvalue weighted by atomic mass is 16.5. The lowest BCUT2D eigenvalue weighted by atomic mass is 9.96. The van der Waals surface area contributed by atoms with Crippen molar-refractivity contribution >= 4 is 135 Å². The smallest absolute Gasteiger partial charge is 0.329 e. The number of carbonyl (C=O) groups is 20. The van der Waals surface area contributed by atoms with E-state index in [9.17, 15) is 121 Å². The van der Waals surface area contributed by atoms with Crippen molar-refractivity contribution < 1.29 is 132 Å². The van der Waals surface area contributed by atoms with Crippen molar-refractivity contribution in [1.82, 2.24) is 74.1 Å². The number of para-hydroxylation sites is 2. The van der Waals surface area contributed by atoms with E-state index in [1.54, 1.807) is 30.5 Å². The van der Waals surface area contributed by atoms with Crippen LogP contribution in [-0.2, 0) is 102 Å². The van der Waals surface area contributed by atoms with Crippen LogP contribution in [0.5, 0.6) is 0 Å². The number of nitrogen functional groups attached to an aromatic ring is 1. The molecule has 3 aromatic rings. The minimum absolute atomic E-state index is 0.00616. The fourth-order valence-corrected chi connectivity index (χ4v) is 11.7. The number of aliphatic hydroxyl groups excluding tert-OH is 1. The molecule has 14 amide bonds. The molecule has 2 aromatic carbocycles. The number of nitrogens with two attached hydrogens (primary N) is 2. The number of hydrogen-bond acceptors (Lipinski definition) is 27.